The molecule has 0 fully saturated rings. The molecule has 1 heterocycles. The standard InChI is InChI=1S/C21H20.C16H18O.C10H15P.C8H10.C7H8/c1-13-9-10-17-18(11-13)21(3,4)19-12-14(2)15-7-5-6-8-16(15)20(17)19;1-5-7-13-14-10-12(11(3)4)8-9-16(14)17-15(13)6-2;1-4-9-6-5-7-10(8-9)11(2)3;1-7-4-3-5-8(2)6-7;1-7-5-3-2-4-6-7/h5-12H,1-4H3;5-11H,2H2,1,3-4H3;5-8H,4H2,1-3H3;3-6H,1-2H3;2-6H,1H3/b;7-5-;;;. The summed E-state index contributed by atoms with van der Waals surface area (Å²) in [6.07, 6.45) is 7.02. The van der Waals surface area contributed by atoms with Crippen LogP contribution in [0.1, 0.15) is 109 Å². The molecule has 0 bridgehead atoms. The van der Waals surface area contributed by atoms with Gasteiger partial charge in [-0.15, -0.1) is 0 Å². The minimum Gasteiger partial charge on any atom is -0.456 e. The van der Waals surface area contributed by atoms with Crippen LogP contribution in [0.15, 0.2) is 163 Å². The van der Waals surface area contributed by atoms with E-state index < -0.39 is 0 Å². The summed E-state index contributed by atoms with van der Waals surface area (Å²) < 4.78 is 5.77. The zero-order chi connectivity index (χ0) is 46.6. The second-order valence-corrected chi connectivity index (χ2v) is 20.4. The van der Waals surface area contributed by atoms with E-state index in [9.17, 15) is 0 Å². The third kappa shape index (κ3) is 12.3. The molecular weight excluding hydrogens is 792 g/mol. The first-order chi connectivity index (χ1) is 30.6. The molecule has 0 amide bonds. The van der Waals surface area contributed by atoms with Crippen molar-refractivity contribution in [3.05, 3.63) is 220 Å². The normalized spacial score (nSPS) is 12.0. The molecule has 0 saturated carbocycles. The lowest BCUT2D eigenvalue weighted by Crippen LogP contribution is -2.15. The van der Waals surface area contributed by atoms with E-state index in [-0.39, 0.29) is 13.3 Å². The predicted octanol–water partition coefficient (Wildman–Crippen LogP) is 17.9. The molecule has 0 unspecified atom stereocenters. The van der Waals surface area contributed by atoms with Gasteiger partial charge in [0.25, 0.3) is 0 Å². The van der Waals surface area contributed by atoms with E-state index in [1.165, 1.54) is 82.7 Å². The van der Waals surface area contributed by atoms with Crippen LogP contribution in [0, 0.1) is 34.6 Å². The third-order valence-corrected chi connectivity index (χ3v) is 13.3. The largest absolute Gasteiger partial charge is 0.456 e. The highest BCUT2D eigenvalue weighted by Gasteiger charge is 2.36. The van der Waals surface area contributed by atoms with Crippen molar-refractivity contribution < 1.29 is 4.42 Å². The maximum Gasteiger partial charge on any atom is 0.135 e. The van der Waals surface area contributed by atoms with Gasteiger partial charge in [0.15, 0.2) is 0 Å². The summed E-state index contributed by atoms with van der Waals surface area (Å²) in [6.45, 7) is 32.4. The van der Waals surface area contributed by atoms with Gasteiger partial charge in [0.05, 0.1) is 0 Å². The molecule has 7 aromatic carbocycles. The number of aryl methyl sites for hydroxylation is 6. The molecule has 8 aromatic rings. The van der Waals surface area contributed by atoms with Crippen LogP contribution < -0.4 is 5.30 Å². The summed E-state index contributed by atoms with van der Waals surface area (Å²) in [6, 6.07) is 52.1. The summed E-state index contributed by atoms with van der Waals surface area (Å²) in [5.41, 5.74) is 17.4. The lowest BCUT2D eigenvalue weighted by molar-refractivity contribution is 0.603. The van der Waals surface area contributed by atoms with Crippen molar-refractivity contribution in [2.45, 2.75) is 93.9 Å². The van der Waals surface area contributed by atoms with Crippen molar-refractivity contribution in [3.8, 4) is 11.1 Å². The van der Waals surface area contributed by atoms with Gasteiger partial charge in [-0.1, -0.05) is 217 Å². The average Bonchev–Trinajstić information content (AvgIpc) is 3.74. The zero-order valence-electron chi connectivity index (χ0n) is 40.9. The first-order valence-electron chi connectivity index (χ1n) is 22.9. The lowest BCUT2D eigenvalue weighted by atomic mass is 9.81. The van der Waals surface area contributed by atoms with Crippen LogP contribution in [0.5, 0.6) is 0 Å². The third-order valence-electron chi connectivity index (χ3n) is 12.0. The van der Waals surface area contributed by atoms with Crippen molar-refractivity contribution >= 4 is 47.1 Å². The highest BCUT2D eigenvalue weighted by Crippen LogP contribution is 2.52. The number of benzene rings is 7. The Morgan fingerprint density at radius 1 is 0.625 bits per heavy atom. The molecule has 0 saturated heterocycles. The van der Waals surface area contributed by atoms with Gasteiger partial charge in [-0.2, -0.15) is 0 Å². The van der Waals surface area contributed by atoms with Crippen LogP contribution >= 0.6 is 7.92 Å². The Morgan fingerprint density at radius 3 is 1.81 bits per heavy atom. The molecule has 0 aliphatic heterocycles. The molecule has 1 aliphatic rings. The van der Waals surface area contributed by atoms with Gasteiger partial charge in [0.1, 0.15) is 11.3 Å². The first kappa shape index (κ1) is 49.3. The molecule has 0 atom stereocenters. The summed E-state index contributed by atoms with van der Waals surface area (Å²) in [7, 11) is 0.0825. The molecule has 1 aromatic heterocycles. The van der Waals surface area contributed by atoms with Gasteiger partial charge in [0, 0.05) is 16.4 Å². The molecular formula is C62H71OP. The highest BCUT2D eigenvalue weighted by molar-refractivity contribution is 7.64. The molecule has 1 aliphatic carbocycles. The van der Waals surface area contributed by atoms with Crippen molar-refractivity contribution in [1.82, 2.24) is 0 Å². The number of allylic oxidation sites excluding steroid dienone is 1. The first-order valence-corrected chi connectivity index (χ1v) is 25.1. The fourth-order valence-electron chi connectivity index (χ4n) is 8.28. The van der Waals surface area contributed by atoms with E-state index in [0.717, 1.165) is 23.3 Å². The molecule has 0 radical (unpaired) electrons. The zero-order valence-corrected chi connectivity index (χ0v) is 41.8. The Kier molecular flexibility index (Phi) is 17.5. The number of fused-ring (bicyclic) bond motifs is 6. The maximum atomic E-state index is 5.77. The summed E-state index contributed by atoms with van der Waals surface area (Å²) in [5, 5.41) is 5.45. The second kappa shape index (κ2) is 22.7. The fraction of sp³-hybridized carbons (Fsp3) is 0.258. The van der Waals surface area contributed by atoms with Gasteiger partial charge in [-0.05, 0) is 140 Å². The van der Waals surface area contributed by atoms with E-state index in [2.05, 4.69) is 217 Å². The molecule has 1 nitrogen and oxygen atoms in total. The summed E-state index contributed by atoms with van der Waals surface area (Å²) >= 11 is 0. The van der Waals surface area contributed by atoms with Crippen LogP contribution in [0.2, 0.25) is 0 Å². The molecule has 64 heavy (non-hydrogen) atoms. The number of furan rings is 1. The Morgan fingerprint density at radius 2 is 1.25 bits per heavy atom. The van der Waals surface area contributed by atoms with E-state index in [1.54, 1.807) is 6.08 Å². The van der Waals surface area contributed by atoms with Crippen LogP contribution in [0.3, 0.4) is 0 Å². The number of hydrogen-bond donors (Lipinski definition) is 0. The van der Waals surface area contributed by atoms with Crippen molar-refractivity contribution in [1.29, 1.82) is 0 Å². The number of rotatable bonds is 5. The molecule has 0 N–H and O–H groups in total. The minimum absolute atomic E-state index is 0.0825. The second-order valence-electron chi connectivity index (χ2n) is 18.1. The SMILES string of the molecule is C=Cc1oc2ccc(C(C)C)cc2c1/C=C\C.CCc1cccc(P(C)C)c1.Cc1ccc2c(c1)C(C)(C)c1cc(C)c3ccccc3c1-2.Cc1cccc(C)c1.Cc1ccccc1. The van der Waals surface area contributed by atoms with Gasteiger partial charge >= 0.3 is 0 Å². The van der Waals surface area contributed by atoms with Crippen LogP contribution in [0.25, 0.3) is 45.0 Å². The van der Waals surface area contributed by atoms with Gasteiger partial charge in [-0.3, -0.25) is 0 Å². The maximum absolute atomic E-state index is 5.77. The Labute approximate surface area is 387 Å². The Hall–Kier alpha value is -5.75. The lowest BCUT2D eigenvalue weighted by Gasteiger charge is -2.22. The quantitative estimate of drug-likeness (QED) is 0.157. The molecule has 330 valence electrons. The number of hydrogen-bond acceptors (Lipinski definition) is 1. The highest BCUT2D eigenvalue weighted by atomic mass is 31.1. The summed E-state index contributed by atoms with van der Waals surface area (Å²) in [5.74, 6) is 1.37. The fourth-order valence-corrected chi connectivity index (χ4v) is 9.08. The monoisotopic (exact) mass is 863 g/mol. The van der Waals surface area contributed by atoms with Gasteiger partial charge in [-0.25, -0.2) is 0 Å². The van der Waals surface area contributed by atoms with Crippen LogP contribution in [-0.2, 0) is 11.8 Å². The van der Waals surface area contributed by atoms with Crippen LogP contribution in [0.4, 0.5) is 0 Å². The molecule has 2 heteroatoms. The van der Waals surface area contributed by atoms with E-state index in [4.69, 9.17) is 4.42 Å². The smallest absolute Gasteiger partial charge is 0.135 e. The van der Waals surface area contributed by atoms with Crippen molar-refractivity contribution in [2.75, 3.05) is 13.3 Å². The van der Waals surface area contributed by atoms with Gasteiger partial charge in [0.2, 0.25) is 0 Å². The van der Waals surface area contributed by atoms with Crippen molar-refractivity contribution in [2.24, 2.45) is 0 Å². The topological polar surface area (TPSA) is 13.1 Å². The van der Waals surface area contributed by atoms with Gasteiger partial charge < -0.3 is 4.42 Å². The summed E-state index contributed by atoms with van der Waals surface area (Å²) in [4.78, 5) is 0. The Bertz CT molecular complexity index is 2790. The molecule has 0 spiro atoms. The van der Waals surface area contributed by atoms with E-state index in [0.29, 0.717) is 5.92 Å². The molecule has 9 rings (SSSR count). The van der Waals surface area contributed by atoms with E-state index in [1.807, 2.05) is 37.3 Å². The predicted molar refractivity (Wildman–Crippen MR) is 287 cm³/mol. The van der Waals surface area contributed by atoms with E-state index >= 15 is 0 Å². The van der Waals surface area contributed by atoms with Crippen LogP contribution in [-0.4, -0.2) is 13.3 Å². The average molecular weight is 863 g/mol. The van der Waals surface area contributed by atoms with Crippen molar-refractivity contribution in [3.63, 3.8) is 0 Å². The minimum atomic E-state index is 0.0825. The Balaban J connectivity index is 0.000000160.